The molecule has 38 heavy (non-hydrogen) atoms. The van der Waals surface area contributed by atoms with E-state index in [2.05, 4.69) is 30.7 Å². The fraction of sp³-hybridized carbons (Fsp3) is 0.458. The molecular weight excluding hydrogens is 531 g/mol. The summed E-state index contributed by atoms with van der Waals surface area (Å²) in [6.45, 7) is 2.53. The van der Waals surface area contributed by atoms with Crippen molar-refractivity contribution in [3.05, 3.63) is 39.9 Å². The van der Waals surface area contributed by atoms with Crippen LogP contribution in [0, 0.1) is 11.6 Å². The van der Waals surface area contributed by atoms with Crippen LogP contribution in [0.1, 0.15) is 39.7 Å². The van der Waals surface area contributed by atoms with Crippen LogP contribution in [0.25, 0.3) is 10.3 Å². The lowest BCUT2D eigenvalue weighted by atomic mass is 10.1. The van der Waals surface area contributed by atoms with Crippen LogP contribution in [0.3, 0.4) is 0 Å². The minimum Gasteiger partial charge on any atom is -0.386 e. The Balaban J connectivity index is 1.32. The van der Waals surface area contributed by atoms with Gasteiger partial charge in [-0.15, -0.1) is 24.5 Å². The molecule has 1 aromatic carbocycles. The predicted molar refractivity (Wildman–Crippen MR) is 133 cm³/mol. The molecule has 5 rings (SSSR count). The van der Waals surface area contributed by atoms with Gasteiger partial charge in [-0.05, 0) is 30.9 Å². The van der Waals surface area contributed by atoms with Gasteiger partial charge in [0, 0.05) is 45.7 Å². The summed E-state index contributed by atoms with van der Waals surface area (Å²) in [5.74, 6) is -3.20. The number of alkyl halides is 3. The second-order valence-electron chi connectivity index (χ2n) is 9.06. The van der Waals surface area contributed by atoms with Gasteiger partial charge in [0.05, 0.1) is 11.4 Å². The van der Waals surface area contributed by atoms with Crippen LogP contribution in [0.2, 0.25) is 0 Å². The SMILES string of the molecule is CNc1c(C(=O)NCCc2ccc(N3CCNCC3)c(F)c2F)sc2nc(C3CC3)c(OC(F)(F)F)nc12. The molecule has 1 saturated heterocycles. The molecule has 3 aromatic rings. The number of aromatic nitrogens is 2. The van der Waals surface area contributed by atoms with E-state index in [9.17, 15) is 26.7 Å². The van der Waals surface area contributed by atoms with Crippen LogP contribution >= 0.6 is 11.3 Å². The average Bonchev–Trinajstić information content (AvgIpc) is 3.66. The van der Waals surface area contributed by atoms with Crippen LogP contribution < -0.4 is 25.6 Å². The number of fused-ring (bicyclic) bond motifs is 1. The number of halogens is 5. The number of hydrogen-bond donors (Lipinski definition) is 3. The van der Waals surface area contributed by atoms with Gasteiger partial charge in [-0.3, -0.25) is 4.79 Å². The molecule has 0 radical (unpaired) electrons. The molecule has 0 spiro atoms. The van der Waals surface area contributed by atoms with E-state index >= 15 is 0 Å². The maximum Gasteiger partial charge on any atom is 0.574 e. The zero-order chi connectivity index (χ0) is 27.0. The van der Waals surface area contributed by atoms with Gasteiger partial charge < -0.3 is 25.6 Å². The van der Waals surface area contributed by atoms with Crippen molar-refractivity contribution in [2.75, 3.05) is 50.0 Å². The molecule has 1 aliphatic heterocycles. The van der Waals surface area contributed by atoms with Crippen LogP contribution in [0.5, 0.6) is 5.88 Å². The van der Waals surface area contributed by atoms with E-state index in [1.165, 1.54) is 13.1 Å². The van der Waals surface area contributed by atoms with E-state index in [0.717, 1.165) is 11.3 Å². The highest BCUT2D eigenvalue weighted by molar-refractivity contribution is 7.21. The molecule has 204 valence electrons. The number of thiophene rings is 1. The summed E-state index contributed by atoms with van der Waals surface area (Å²) in [6.07, 6.45) is -3.53. The third kappa shape index (κ3) is 5.46. The lowest BCUT2D eigenvalue weighted by molar-refractivity contribution is -0.276. The minimum absolute atomic E-state index is 0.0101. The Bertz CT molecular complexity index is 1350. The van der Waals surface area contributed by atoms with E-state index in [1.807, 2.05) is 0 Å². The third-order valence-electron chi connectivity index (χ3n) is 6.43. The fourth-order valence-electron chi connectivity index (χ4n) is 4.42. The standard InChI is InChI=1S/C24H25F5N6O2S/c1-30-18-19-23(34-17(13-2-3-13)22(33-19)37-24(27,28)29)38-20(18)21(36)32-7-6-12-4-5-14(16(26)15(12)25)35-10-8-31-9-11-35/h4-5,13,30-31H,2-3,6-11H2,1H3,(H,32,36). The van der Waals surface area contributed by atoms with Crippen LogP contribution in [0.4, 0.5) is 33.3 Å². The monoisotopic (exact) mass is 556 g/mol. The maximum absolute atomic E-state index is 14.7. The van der Waals surface area contributed by atoms with Crippen molar-refractivity contribution < 1.29 is 31.5 Å². The Labute approximate surface area is 218 Å². The Hall–Kier alpha value is -3.26. The number of piperazine rings is 1. The minimum atomic E-state index is -4.93. The molecule has 2 fully saturated rings. The summed E-state index contributed by atoms with van der Waals surface area (Å²) in [6, 6.07) is 3.05. The lowest BCUT2D eigenvalue weighted by Gasteiger charge is -2.30. The van der Waals surface area contributed by atoms with Gasteiger partial charge in [0.2, 0.25) is 5.88 Å². The van der Waals surface area contributed by atoms with Crippen LogP contribution in [0.15, 0.2) is 12.1 Å². The smallest absolute Gasteiger partial charge is 0.386 e. The summed E-state index contributed by atoms with van der Waals surface area (Å²) >= 11 is 0.983. The van der Waals surface area contributed by atoms with E-state index in [0.29, 0.717) is 43.9 Å². The number of amides is 1. The first-order valence-electron chi connectivity index (χ1n) is 12.1. The van der Waals surface area contributed by atoms with Crippen molar-refractivity contribution in [3.63, 3.8) is 0 Å². The predicted octanol–water partition coefficient (Wildman–Crippen LogP) is 4.17. The van der Waals surface area contributed by atoms with Gasteiger partial charge in [0.1, 0.15) is 20.9 Å². The Morgan fingerprint density at radius 3 is 2.58 bits per heavy atom. The number of carbonyl (C=O) groups excluding carboxylic acids is 1. The first-order valence-corrected chi connectivity index (χ1v) is 13.0. The Kier molecular flexibility index (Phi) is 7.27. The molecule has 3 heterocycles. The molecular formula is C24H25F5N6O2S. The summed E-state index contributed by atoms with van der Waals surface area (Å²) in [4.78, 5) is 23.6. The largest absolute Gasteiger partial charge is 0.574 e. The topological polar surface area (TPSA) is 91.4 Å². The van der Waals surface area contributed by atoms with Crippen molar-refractivity contribution in [2.24, 2.45) is 0 Å². The molecule has 0 atom stereocenters. The first kappa shape index (κ1) is 26.4. The molecule has 14 heteroatoms. The molecule has 3 N–H and O–H groups in total. The molecule has 0 unspecified atom stereocenters. The second kappa shape index (κ2) is 10.5. The van der Waals surface area contributed by atoms with Gasteiger partial charge in [0.15, 0.2) is 11.6 Å². The van der Waals surface area contributed by atoms with Crippen molar-refractivity contribution in [1.29, 1.82) is 0 Å². The second-order valence-corrected chi connectivity index (χ2v) is 10.1. The van der Waals surface area contributed by atoms with Crippen LogP contribution in [-0.4, -0.2) is 62.0 Å². The highest BCUT2D eigenvalue weighted by atomic mass is 32.1. The zero-order valence-electron chi connectivity index (χ0n) is 20.3. The van der Waals surface area contributed by atoms with Gasteiger partial charge in [0.25, 0.3) is 5.91 Å². The van der Waals surface area contributed by atoms with Crippen LogP contribution in [-0.2, 0) is 6.42 Å². The number of carbonyl (C=O) groups is 1. The molecule has 2 aliphatic rings. The summed E-state index contributed by atoms with van der Waals surface area (Å²) in [7, 11) is 1.51. The molecule has 8 nitrogen and oxygen atoms in total. The summed E-state index contributed by atoms with van der Waals surface area (Å²) < 4.78 is 72.4. The number of hydrogen-bond acceptors (Lipinski definition) is 8. The first-order chi connectivity index (χ1) is 18.2. The fourth-order valence-corrected chi connectivity index (χ4v) is 5.47. The molecule has 1 saturated carbocycles. The highest BCUT2D eigenvalue weighted by Gasteiger charge is 2.38. The van der Waals surface area contributed by atoms with E-state index in [-0.39, 0.29) is 51.9 Å². The molecule has 1 aliphatic carbocycles. The summed E-state index contributed by atoms with van der Waals surface area (Å²) in [5, 5.41) is 8.63. The number of nitrogens with zero attached hydrogens (tertiary/aromatic N) is 3. The normalized spacial score (nSPS) is 16.1. The molecule has 0 bridgehead atoms. The number of ether oxygens (including phenoxy) is 1. The Morgan fingerprint density at radius 1 is 1.18 bits per heavy atom. The summed E-state index contributed by atoms with van der Waals surface area (Å²) in [5.41, 5.74) is 0.746. The van der Waals surface area contributed by atoms with Crippen molar-refractivity contribution in [3.8, 4) is 5.88 Å². The third-order valence-corrected chi connectivity index (χ3v) is 7.50. The quantitative estimate of drug-likeness (QED) is 0.359. The Morgan fingerprint density at radius 2 is 1.92 bits per heavy atom. The molecule has 2 aromatic heterocycles. The number of anilines is 2. The number of nitrogens with one attached hydrogen (secondary N) is 3. The van der Waals surface area contributed by atoms with Crippen molar-refractivity contribution in [1.82, 2.24) is 20.6 Å². The number of benzene rings is 1. The van der Waals surface area contributed by atoms with E-state index in [4.69, 9.17) is 0 Å². The van der Waals surface area contributed by atoms with Crippen molar-refractivity contribution >= 4 is 39.0 Å². The van der Waals surface area contributed by atoms with E-state index < -0.39 is 29.8 Å². The van der Waals surface area contributed by atoms with Gasteiger partial charge >= 0.3 is 6.36 Å². The van der Waals surface area contributed by atoms with E-state index in [1.54, 1.807) is 11.0 Å². The average molecular weight is 557 g/mol. The highest BCUT2D eigenvalue weighted by Crippen LogP contribution is 2.46. The van der Waals surface area contributed by atoms with Gasteiger partial charge in [-0.25, -0.2) is 18.7 Å². The zero-order valence-corrected chi connectivity index (χ0v) is 21.2. The molecule has 1 amide bonds. The number of rotatable bonds is 8. The van der Waals surface area contributed by atoms with Gasteiger partial charge in [-0.1, -0.05) is 6.07 Å². The maximum atomic E-state index is 14.7. The van der Waals surface area contributed by atoms with Gasteiger partial charge in [-0.2, -0.15) is 0 Å². The van der Waals surface area contributed by atoms with Crippen molar-refractivity contribution in [2.45, 2.75) is 31.5 Å². The lowest BCUT2D eigenvalue weighted by Crippen LogP contribution is -2.44.